The van der Waals surface area contributed by atoms with Gasteiger partial charge in [0.2, 0.25) is 23.6 Å². The van der Waals surface area contributed by atoms with Crippen molar-refractivity contribution in [2.45, 2.75) is 63.8 Å². The number of para-hydroxylation sites is 2. The lowest BCUT2D eigenvalue weighted by atomic mass is 10.1. The first-order chi connectivity index (χ1) is 35.8. The molecule has 4 aliphatic rings. The lowest BCUT2D eigenvalue weighted by molar-refractivity contribution is -0.137. The third kappa shape index (κ3) is 11.2. The zero-order chi connectivity index (χ0) is 51.9. The molecule has 0 radical (unpaired) electrons. The van der Waals surface area contributed by atoms with Gasteiger partial charge < -0.3 is 55.5 Å². The molecule has 6 N–H and O–H groups in total. The molecule has 5 aromatic carbocycles. The Balaban J connectivity index is 0.889. The van der Waals surface area contributed by atoms with E-state index >= 15 is 0 Å². The zero-order valence-corrected chi connectivity index (χ0v) is 40.7. The molecule has 74 heavy (non-hydrogen) atoms. The number of aliphatic imine (C=N–C) groups is 1. The second kappa shape index (κ2) is 22.2. The quantitative estimate of drug-likeness (QED) is 0.0557. The highest BCUT2D eigenvalue weighted by atomic mass is 16.5. The van der Waals surface area contributed by atoms with Gasteiger partial charge in [0.25, 0.3) is 11.8 Å². The van der Waals surface area contributed by atoms with E-state index in [1.807, 2.05) is 59.5 Å². The molecular formula is C54H54N8O12. The van der Waals surface area contributed by atoms with Crippen LogP contribution in [0.4, 0.5) is 28.4 Å². The van der Waals surface area contributed by atoms with Gasteiger partial charge in [-0.1, -0.05) is 36.4 Å². The van der Waals surface area contributed by atoms with E-state index < -0.39 is 42.7 Å². The molecule has 2 atom stereocenters. The number of benzene rings is 5. The summed E-state index contributed by atoms with van der Waals surface area (Å²) in [6, 6.07) is 27.2. The molecule has 20 heteroatoms. The standard InChI is InChI=1S/C54H54N8O12/c1-71-44-20-38-40(55-24-36-18-33-9-3-5-11-42(33)61(36)53(38)69)22-46(44)73-29-31-15-32(17-35(16-31)60-51(66)28-59-50(65)27-58-49(64)26-57-48(63)13-7-8-14-52(67)68)30-74-47-23-41-39(21-45(47)72-2)54(70)62-37(25-56-41)19-34-10-4-6-12-43(34)62/h3-6,9-12,15-17,20-24,36-37,56H,7-8,13-14,18-19,25-30H2,1-2H3,(H,57,63)(H,58,64)(H,59,65)(H,60,66)(H,67,68)/t36-,37-/m0/s1. The largest absolute Gasteiger partial charge is 0.493 e. The number of carboxylic acids is 1. The number of rotatable bonds is 20. The van der Waals surface area contributed by atoms with Gasteiger partial charge in [-0.3, -0.25) is 43.5 Å². The Labute approximate surface area is 425 Å². The van der Waals surface area contributed by atoms with Crippen LogP contribution in [0.1, 0.15) is 68.7 Å². The highest BCUT2D eigenvalue weighted by Gasteiger charge is 2.39. The summed E-state index contributed by atoms with van der Waals surface area (Å²) < 4.78 is 24.3. The molecule has 0 unspecified atom stereocenters. The van der Waals surface area contributed by atoms with Gasteiger partial charge in [0, 0.05) is 61.2 Å². The molecule has 5 aromatic rings. The molecule has 382 valence electrons. The zero-order valence-electron chi connectivity index (χ0n) is 40.7. The number of aliphatic carboxylic acids is 1. The van der Waals surface area contributed by atoms with Crippen LogP contribution in [0.15, 0.2) is 96.0 Å². The number of carboxylic acid groups (broad SMARTS) is 1. The normalized spacial score (nSPS) is 15.6. The minimum atomic E-state index is -0.957. The fourth-order valence-corrected chi connectivity index (χ4v) is 9.44. The number of hydrogen-bond acceptors (Lipinski definition) is 13. The van der Waals surface area contributed by atoms with Crippen LogP contribution in [0.3, 0.4) is 0 Å². The van der Waals surface area contributed by atoms with E-state index in [9.17, 15) is 33.6 Å². The highest BCUT2D eigenvalue weighted by molar-refractivity contribution is 6.15. The number of nitrogens with one attached hydrogen (secondary N) is 5. The van der Waals surface area contributed by atoms with E-state index in [0.29, 0.717) is 88.1 Å². The summed E-state index contributed by atoms with van der Waals surface area (Å²) in [5.41, 5.74) is 7.22. The molecule has 20 nitrogen and oxygen atoms in total. The van der Waals surface area contributed by atoms with Gasteiger partial charge in [0.1, 0.15) is 13.2 Å². The third-order valence-electron chi connectivity index (χ3n) is 13.0. The molecule has 0 aromatic heterocycles. The van der Waals surface area contributed by atoms with Crippen LogP contribution in [-0.2, 0) is 50.0 Å². The smallest absolute Gasteiger partial charge is 0.303 e. The molecule has 9 rings (SSSR count). The van der Waals surface area contributed by atoms with Crippen molar-refractivity contribution in [3.63, 3.8) is 0 Å². The van der Waals surface area contributed by atoms with Crippen LogP contribution in [0.5, 0.6) is 23.0 Å². The Morgan fingerprint density at radius 1 is 0.649 bits per heavy atom. The van der Waals surface area contributed by atoms with Gasteiger partial charge in [0.15, 0.2) is 23.0 Å². The van der Waals surface area contributed by atoms with Crippen molar-refractivity contribution in [2.24, 2.45) is 4.99 Å². The van der Waals surface area contributed by atoms with Crippen molar-refractivity contribution in [2.75, 3.05) is 60.8 Å². The maximum Gasteiger partial charge on any atom is 0.303 e. The Hall–Kier alpha value is -8.94. The van der Waals surface area contributed by atoms with Crippen molar-refractivity contribution in [3.05, 3.63) is 124 Å². The number of anilines is 4. The first kappa shape index (κ1) is 50.0. The van der Waals surface area contributed by atoms with Crippen molar-refractivity contribution >= 4 is 76.1 Å². The molecule has 0 aliphatic carbocycles. The van der Waals surface area contributed by atoms with Crippen molar-refractivity contribution in [3.8, 4) is 23.0 Å². The van der Waals surface area contributed by atoms with Gasteiger partial charge in [-0.25, -0.2) is 0 Å². The molecule has 0 fully saturated rings. The lowest BCUT2D eigenvalue weighted by Crippen LogP contribution is -2.43. The fourth-order valence-electron chi connectivity index (χ4n) is 9.44. The summed E-state index contributed by atoms with van der Waals surface area (Å²) in [5.74, 6) is -2.32. The maximum absolute atomic E-state index is 14.1. The molecule has 0 saturated carbocycles. The monoisotopic (exact) mass is 1010 g/mol. The number of carbonyl (C=O) groups is 7. The number of ether oxygens (including phenoxy) is 4. The number of carbonyl (C=O) groups excluding carboxylic acids is 6. The lowest BCUT2D eigenvalue weighted by Gasteiger charge is -2.22. The summed E-state index contributed by atoms with van der Waals surface area (Å²) >= 11 is 0. The van der Waals surface area contributed by atoms with Crippen LogP contribution in [0.2, 0.25) is 0 Å². The van der Waals surface area contributed by atoms with Crippen LogP contribution >= 0.6 is 0 Å². The van der Waals surface area contributed by atoms with Crippen LogP contribution in [0.25, 0.3) is 0 Å². The number of fused-ring (bicyclic) bond motifs is 8. The Morgan fingerprint density at radius 3 is 1.88 bits per heavy atom. The van der Waals surface area contributed by atoms with E-state index in [0.717, 1.165) is 28.9 Å². The predicted octanol–water partition coefficient (Wildman–Crippen LogP) is 5.08. The number of nitrogens with zero attached hydrogens (tertiary/aromatic N) is 3. The van der Waals surface area contributed by atoms with Gasteiger partial charge in [-0.15, -0.1) is 0 Å². The van der Waals surface area contributed by atoms with E-state index in [1.54, 1.807) is 47.5 Å². The topological polar surface area (TPSA) is 256 Å². The van der Waals surface area contributed by atoms with Gasteiger partial charge >= 0.3 is 5.97 Å². The van der Waals surface area contributed by atoms with Crippen LogP contribution in [0, 0.1) is 0 Å². The molecule has 6 amide bonds. The Morgan fingerprint density at radius 2 is 1.22 bits per heavy atom. The predicted molar refractivity (Wildman–Crippen MR) is 273 cm³/mol. The van der Waals surface area contributed by atoms with Crippen LogP contribution < -0.4 is 55.3 Å². The fraction of sp³-hybridized carbons (Fsp3) is 0.296. The van der Waals surface area contributed by atoms with Crippen LogP contribution in [-0.4, -0.2) is 105 Å². The molecule has 0 bridgehead atoms. The SMILES string of the molecule is COc1cc2c(cc1OCc1cc(COc3cc4c(cc3OC)C(=O)N3c5ccccc5C[C@H]3CN4)cc(NC(=O)CNC(=O)CNC(=O)CNC(=O)CCCCC(=O)O)c1)N=C[C@@H]1Cc3ccccc3N1C2=O. The number of amides is 6. The molecule has 4 heterocycles. The summed E-state index contributed by atoms with van der Waals surface area (Å²) in [7, 11) is 2.97. The van der Waals surface area contributed by atoms with Gasteiger partial charge in [0.05, 0.1) is 68.4 Å². The third-order valence-corrected chi connectivity index (χ3v) is 13.0. The first-order valence-electron chi connectivity index (χ1n) is 24.1. The number of hydrogen-bond donors (Lipinski definition) is 6. The summed E-state index contributed by atoms with van der Waals surface area (Å²) in [6.07, 6.45) is 3.79. The minimum absolute atomic E-state index is 0.0245. The number of unbranched alkanes of at least 4 members (excludes halogenated alkanes) is 1. The van der Waals surface area contributed by atoms with E-state index in [-0.39, 0.29) is 56.5 Å². The first-order valence-corrected chi connectivity index (χ1v) is 24.1. The average molecular weight is 1010 g/mol. The van der Waals surface area contributed by atoms with Crippen molar-refractivity contribution in [1.82, 2.24) is 16.0 Å². The van der Waals surface area contributed by atoms with Gasteiger partial charge in [-0.05, 0) is 84.0 Å². The second-order valence-electron chi connectivity index (χ2n) is 18.1. The minimum Gasteiger partial charge on any atom is -0.493 e. The maximum atomic E-state index is 14.1. The Kier molecular flexibility index (Phi) is 15.0. The van der Waals surface area contributed by atoms with E-state index in [2.05, 4.69) is 26.6 Å². The summed E-state index contributed by atoms with van der Waals surface area (Å²) in [4.78, 5) is 97.3. The Bertz CT molecular complexity index is 3090. The van der Waals surface area contributed by atoms with E-state index in [4.69, 9.17) is 29.0 Å². The average Bonchev–Trinajstić information content (AvgIpc) is 3.89. The van der Waals surface area contributed by atoms with Gasteiger partial charge in [-0.2, -0.15) is 0 Å². The molecular weight excluding hydrogens is 953 g/mol. The highest BCUT2D eigenvalue weighted by Crippen LogP contribution is 2.43. The summed E-state index contributed by atoms with van der Waals surface area (Å²) in [6.45, 7) is -0.846. The summed E-state index contributed by atoms with van der Waals surface area (Å²) in [5, 5.41) is 22.3. The second-order valence-corrected chi connectivity index (χ2v) is 18.1. The van der Waals surface area contributed by atoms with E-state index in [1.165, 1.54) is 14.2 Å². The van der Waals surface area contributed by atoms with Crippen molar-refractivity contribution < 1.29 is 57.6 Å². The molecule has 0 saturated heterocycles. The molecule has 0 spiro atoms. The number of methoxy groups -OCH3 is 2. The molecule has 4 aliphatic heterocycles. The van der Waals surface area contributed by atoms with Crippen molar-refractivity contribution in [1.29, 1.82) is 0 Å².